The van der Waals surface area contributed by atoms with Crippen molar-refractivity contribution in [1.82, 2.24) is 9.97 Å². The van der Waals surface area contributed by atoms with Crippen LogP contribution in [0.15, 0.2) is 18.2 Å². The number of rotatable bonds is 4. The summed E-state index contributed by atoms with van der Waals surface area (Å²) in [6, 6.07) is 5.61. The van der Waals surface area contributed by atoms with E-state index in [-0.39, 0.29) is 5.60 Å². The van der Waals surface area contributed by atoms with Gasteiger partial charge < -0.3 is 20.8 Å². The number of H-pyrrole nitrogens is 1. The van der Waals surface area contributed by atoms with E-state index < -0.39 is 0 Å². The average molecular weight is 234 g/mol. The van der Waals surface area contributed by atoms with Crippen LogP contribution in [0.2, 0.25) is 0 Å². The molecule has 1 aromatic carbocycles. The maximum atomic E-state index is 5.71. The van der Waals surface area contributed by atoms with E-state index in [9.17, 15) is 0 Å². The van der Waals surface area contributed by atoms with Gasteiger partial charge in [0.05, 0.1) is 16.6 Å². The number of nitrogens with zero attached hydrogens (tertiary/aromatic N) is 1. The SMILES string of the molecule is COC(C)(C)CNc1nc2ccc(N)cc2[nH]1. The van der Waals surface area contributed by atoms with E-state index in [1.165, 1.54) is 0 Å². The Balaban J connectivity index is 2.15. The fraction of sp³-hybridized carbons (Fsp3) is 0.417. The number of hydrogen-bond donors (Lipinski definition) is 3. The zero-order valence-electron chi connectivity index (χ0n) is 10.4. The maximum absolute atomic E-state index is 5.71. The molecule has 0 aliphatic carbocycles. The summed E-state index contributed by atoms with van der Waals surface area (Å²) >= 11 is 0. The van der Waals surface area contributed by atoms with Crippen molar-refractivity contribution in [1.29, 1.82) is 0 Å². The second kappa shape index (κ2) is 4.25. The topological polar surface area (TPSA) is 76.0 Å². The highest BCUT2D eigenvalue weighted by atomic mass is 16.5. The minimum absolute atomic E-state index is 0.224. The van der Waals surface area contributed by atoms with E-state index in [0.717, 1.165) is 22.7 Å². The Morgan fingerprint density at radius 1 is 1.47 bits per heavy atom. The fourth-order valence-corrected chi connectivity index (χ4v) is 1.48. The van der Waals surface area contributed by atoms with Gasteiger partial charge in [-0.2, -0.15) is 0 Å². The molecule has 17 heavy (non-hydrogen) atoms. The molecule has 1 heterocycles. The summed E-state index contributed by atoms with van der Waals surface area (Å²) in [7, 11) is 1.70. The zero-order valence-corrected chi connectivity index (χ0v) is 10.4. The molecule has 2 aromatic rings. The summed E-state index contributed by atoms with van der Waals surface area (Å²) in [6.45, 7) is 4.71. The number of nitrogens with two attached hydrogens (primary N) is 1. The molecule has 4 N–H and O–H groups in total. The minimum Gasteiger partial charge on any atom is -0.399 e. The van der Waals surface area contributed by atoms with Gasteiger partial charge in [-0.05, 0) is 32.0 Å². The first kappa shape index (κ1) is 11.7. The van der Waals surface area contributed by atoms with Gasteiger partial charge in [-0.15, -0.1) is 0 Å². The van der Waals surface area contributed by atoms with Gasteiger partial charge in [-0.1, -0.05) is 0 Å². The standard InChI is InChI=1S/C12H18N4O/c1-12(2,17-3)7-14-11-15-9-5-4-8(13)6-10(9)16-11/h4-6H,7,13H2,1-3H3,(H2,14,15,16). The Bertz CT molecular complexity index is 518. The zero-order chi connectivity index (χ0) is 12.5. The summed E-state index contributed by atoms with van der Waals surface area (Å²) in [6.07, 6.45) is 0. The maximum Gasteiger partial charge on any atom is 0.201 e. The van der Waals surface area contributed by atoms with Gasteiger partial charge in [0, 0.05) is 19.3 Å². The number of nitrogens with one attached hydrogen (secondary N) is 2. The van der Waals surface area contributed by atoms with Crippen molar-refractivity contribution in [2.24, 2.45) is 0 Å². The lowest BCUT2D eigenvalue weighted by Gasteiger charge is -2.22. The molecule has 0 spiro atoms. The van der Waals surface area contributed by atoms with E-state index in [2.05, 4.69) is 15.3 Å². The van der Waals surface area contributed by atoms with Crippen LogP contribution >= 0.6 is 0 Å². The van der Waals surface area contributed by atoms with E-state index >= 15 is 0 Å². The van der Waals surface area contributed by atoms with E-state index in [1.54, 1.807) is 7.11 Å². The Labute approximate surface area is 100 Å². The summed E-state index contributed by atoms with van der Waals surface area (Å²) in [5.74, 6) is 0.732. The van der Waals surface area contributed by atoms with Crippen molar-refractivity contribution in [3.8, 4) is 0 Å². The monoisotopic (exact) mass is 234 g/mol. The Kier molecular flexibility index (Phi) is 2.93. The van der Waals surface area contributed by atoms with Crippen molar-refractivity contribution >= 4 is 22.7 Å². The molecule has 0 bridgehead atoms. The second-order valence-electron chi connectivity index (χ2n) is 4.68. The molecule has 0 unspecified atom stereocenters. The van der Waals surface area contributed by atoms with Crippen LogP contribution in [-0.4, -0.2) is 29.2 Å². The molecule has 5 nitrogen and oxygen atoms in total. The first-order valence-electron chi connectivity index (χ1n) is 5.54. The largest absolute Gasteiger partial charge is 0.399 e. The molecule has 0 amide bonds. The smallest absolute Gasteiger partial charge is 0.201 e. The molecule has 5 heteroatoms. The number of ether oxygens (including phenoxy) is 1. The summed E-state index contributed by atoms with van der Waals surface area (Å²) in [5.41, 5.74) is 8.05. The lowest BCUT2D eigenvalue weighted by Crippen LogP contribution is -2.32. The van der Waals surface area contributed by atoms with Crippen LogP contribution in [-0.2, 0) is 4.74 Å². The Morgan fingerprint density at radius 3 is 2.94 bits per heavy atom. The number of aromatic nitrogens is 2. The number of fused-ring (bicyclic) bond motifs is 1. The normalized spacial score (nSPS) is 11.9. The number of imidazole rings is 1. The van der Waals surface area contributed by atoms with Crippen molar-refractivity contribution < 1.29 is 4.74 Å². The molecule has 0 fully saturated rings. The van der Waals surface area contributed by atoms with Crippen molar-refractivity contribution in [3.05, 3.63) is 18.2 Å². The number of aromatic amines is 1. The highest BCUT2D eigenvalue weighted by Gasteiger charge is 2.16. The lowest BCUT2D eigenvalue weighted by molar-refractivity contribution is 0.0342. The van der Waals surface area contributed by atoms with Crippen molar-refractivity contribution in [3.63, 3.8) is 0 Å². The number of anilines is 2. The quantitative estimate of drug-likeness (QED) is 0.707. The van der Waals surface area contributed by atoms with Crippen LogP contribution in [0, 0.1) is 0 Å². The molecular formula is C12H18N4O. The molecule has 0 radical (unpaired) electrons. The minimum atomic E-state index is -0.224. The average Bonchev–Trinajstić information content (AvgIpc) is 2.68. The number of methoxy groups -OCH3 is 1. The predicted molar refractivity (Wildman–Crippen MR) is 70.1 cm³/mol. The molecule has 0 aliphatic heterocycles. The fourth-order valence-electron chi connectivity index (χ4n) is 1.48. The van der Waals surface area contributed by atoms with Gasteiger partial charge in [0.2, 0.25) is 5.95 Å². The summed E-state index contributed by atoms with van der Waals surface area (Å²) < 4.78 is 5.33. The van der Waals surface area contributed by atoms with Crippen LogP contribution in [0.5, 0.6) is 0 Å². The number of hydrogen-bond acceptors (Lipinski definition) is 4. The highest BCUT2D eigenvalue weighted by Crippen LogP contribution is 2.17. The first-order valence-corrected chi connectivity index (χ1v) is 5.54. The Morgan fingerprint density at radius 2 is 2.24 bits per heavy atom. The molecule has 2 rings (SSSR count). The third kappa shape index (κ3) is 2.68. The van der Waals surface area contributed by atoms with Gasteiger partial charge in [0.1, 0.15) is 0 Å². The number of nitrogen functional groups attached to an aromatic ring is 1. The van der Waals surface area contributed by atoms with Gasteiger partial charge in [-0.25, -0.2) is 4.98 Å². The molecule has 0 saturated carbocycles. The van der Waals surface area contributed by atoms with Gasteiger partial charge in [-0.3, -0.25) is 0 Å². The molecule has 0 saturated heterocycles. The second-order valence-corrected chi connectivity index (χ2v) is 4.68. The van der Waals surface area contributed by atoms with E-state index in [0.29, 0.717) is 6.54 Å². The van der Waals surface area contributed by atoms with Gasteiger partial charge in [0.25, 0.3) is 0 Å². The molecular weight excluding hydrogens is 216 g/mol. The van der Waals surface area contributed by atoms with Gasteiger partial charge in [0.15, 0.2) is 0 Å². The van der Waals surface area contributed by atoms with Gasteiger partial charge >= 0.3 is 0 Å². The van der Waals surface area contributed by atoms with E-state index in [1.807, 2.05) is 32.0 Å². The summed E-state index contributed by atoms with van der Waals surface area (Å²) in [4.78, 5) is 7.59. The molecule has 1 aromatic heterocycles. The first-order chi connectivity index (χ1) is 8.00. The predicted octanol–water partition coefficient (Wildman–Crippen LogP) is 1.98. The van der Waals surface area contributed by atoms with Crippen LogP contribution in [0.3, 0.4) is 0 Å². The van der Waals surface area contributed by atoms with Crippen LogP contribution < -0.4 is 11.1 Å². The number of benzene rings is 1. The third-order valence-corrected chi connectivity index (χ3v) is 2.74. The summed E-state index contributed by atoms with van der Waals surface area (Å²) in [5, 5.41) is 3.21. The van der Waals surface area contributed by atoms with Crippen molar-refractivity contribution in [2.75, 3.05) is 24.7 Å². The third-order valence-electron chi connectivity index (χ3n) is 2.74. The highest BCUT2D eigenvalue weighted by molar-refractivity contribution is 5.80. The molecule has 92 valence electrons. The lowest BCUT2D eigenvalue weighted by atomic mass is 10.1. The van der Waals surface area contributed by atoms with Crippen LogP contribution in [0.4, 0.5) is 11.6 Å². The van der Waals surface area contributed by atoms with Crippen LogP contribution in [0.1, 0.15) is 13.8 Å². The molecule has 0 atom stereocenters. The Hall–Kier alpha value is -1.75. The molecule has 0 aliphatic rings. The van der Waals surface area contributed by atoms with Crippen LogP contribution in [0.25, 0.3) is 11.0 Å². The van der Waals surface area contributed by atoms with Crippen molar-refractivity contribution in [2.45, 2.75) is 19.4 Å². The van der Waals surface area contributed by atoms with E-state index in [4.69, 9.17) is 10.5 Å².